The second kappa shape index (κ2) is 8.23. The molecule has 0 amide bonds. The molecule has 4 nitrogen and oxygen atoms in total. The fourth-order valence-corrected chi connectivity index (χ4v) is 4.69. The Labute approximate surface area is 201 Å². The second-order valence-electron chi connectivity index (χ2n) is 8.73. The average molecular weight is 453 g/mol. The maximum absolute atomic E-state index is 5.97. The highest BCUT2D eigenvalue weighted by Crippen LogP contribution is 2.38. The van der Waals surface area contributed by atoms with E-state index in [0.29, 0.717) is 0 Å². The molecule has 0 saturated carbocycles. The Morgan fingerprint density at radius 2 is 0.765 bits per heavy atom. The Hall–Kier alpha value is -3.20. The van der Waals surface area contributed by atoms with Gasteiger partial charge in [0.05, 0.1) is 0 Å². The molecule has 0 saturated heterocycles. The van der Waals surface area contributed by atoms with Crippen LogP contribution in [-0.4, -0.2) is 39.6 Å². The highest BCUT2D eigenvalue weighted by atomic mass is 16.5. The number of ether oxygens (including phenoxy) is 4. The van der Waals surface area contributed by atoms with Gasteiger partial charge in [0, 0.05) is 28.4 Å². The van der Waals surface area contributed by atoms with Crippen molar-refractivity contribution in [2.24, 2.45) is 0 Å². The van der Waals surface area contributed by atoms with Gasteiger partial charge in [0.25, 0.3) is 0 Å². The molecule has 0 atom stereocenters. The molecule has 0 heterocycles. The lowest BCUT2D eigenvalue weighted by Crippen LogP contribution is -2.36. The van der Waals surface area contributed by atoms with Crippen LogP contribution in [0, 0.1) is 11.8 Å². The molecule has 0 radical (unpaired) electrons. The number of hydrogen-bond donors (Lipinski definition) is 0. The van der Waals surface area contributed by atoms with Crippen molar-refractivity contribution in [3.63, 3.8) is 0 Å². The van der Waals surface area contributed by atoms with Crippen LogP contribution in [0.25, 0.3) is 11.1 Å². The Morgan fingerprint density at radius 3 is 1.03 bits per heavy atom. The number of hydrogen-bond acceptors (Lipinski definition) is 4. The summed E-state index contributed by atoms with van der Waals surface area (Å²) in [7, 11) is 6.71. The van der Waals surface area contributed by atoms with Crippen LogP contribution < -0.4 is 0 Å². The Balaban J connectivity index is 1.72. The molecule has 0 aliphatic heterocycles. The molecule has 8 aliphatic rings. The molecule has 0 spiro atoms. The highest BCUT2D eigenvalue weighted by Gasteiger charge is 2.37. The van der Waals surface area contributed by atoms with Gasteiger partial charge in [-0.2, -0.15) is 0 Å². The lowest BCUT2D eigenvalue weighted by molar-refractivity contribution is 0.0574. The summed E-state index contributed by atoms with van der Waals surface area (Å²) in [5, 5.41) is 0. The first kappa shape index (κ1) is 22.6. The van der Waals surface area contributed by atoms with E-state index in [1.54, 1.807) is 28.4 Å². The van der Waals surface area contributed by atoms with E-state index in [2.05, 4.69) is 60.4 Å². The van der Waals surface area contributed by atoms with Crippen LogP contribution in [-0.2, 0) is 30.1 Å². The third kappa shape index (κ3) is 3.50. The second-order valence-corrected chi connectivity index (χ2v) is 8.73. The molecule has 0 aromatic heterocycles. The van der Waals surface area contributed by atoms with Gasteiger partial charge in [-0.25, -0.2) is 0 Å². The molecular weight excluding hydrogens is 424 g/mol. The third-order valence-corrected chi connectivity index (χ3v) is 7.12. The first-order valence-corrected chi connectivity index (χ1v) is 11.2. The fraction of sp³-hybridized carbons (Fsp3) is 0.267. The van der Waals surface area contributed by atoms with Gasteiger partial charge in [-0.3, -0.25) is 0 Å². The summed E-state index contributed by atoms with van der Waals surface area (Å²) in [4.78, 5) is 0. The van der Waals surface area contributed by atoms with Crippen LogP contribution >= 0.6 is 0 Å². The van der Waals surface area contributed by atoms with Gasteiger partial charge in [0.2, 0.25) is 0 Å². The smallest absolute Gasteiger partial charge is 0.165 e. The van der Waals surface area contributed by atoms with E-state index in [4.69, 9.17) is 18.9 Å². The number of methoxy groups -OCH3 is 4. The van der Waals surface area contributed by atoms with Crippen molar-refractivity contribution in [3.05, 3.63) is 108 Å². The normalized spacial score (nSPS) is 32.6. The third-order valence-electron chi connectivity index (χ3n) is 7.12. The van der Waals surface area contributed by atoms with Crippen molar-refractivity contribution in [2.75, 3.05) is 28.4 Å². The summed E-state index contributed by atoms with van der Waals surface area (Å²) >= 11 is 0. The number of fused-ring (bicyclic) bond motifs is 1. The van der Waals surface area contributed by atoms with Crippen molar-refractivity contribution in [1.82, 2.24) is 0 Å². The standard InChI is InChI=1S/C30H28O4/c1-31-27-13-14-28(32-2)17-21-30(34-4,22-18-28)26-11-7-24(8-12-26)23-5-9-25(10-6-23)29(33-3,19-15-27)20-16-27/h5-12,15-22H,1-4H3. The summed E-state index contributed by atoms with van der Waals surface area (Å²) < 4.78 is 23.6. The Kier molecular flexibility index (Phi) is 5.47. The van der Waals surface area contributed by atoms with Crippen molar-refractivity contribution >= 4 is 0 Å². The molecule has 2 aromatic carbocycles. The molecule has 10 rings (SSSR count). The molecule has 8 bridgehead atoms. The van der Waals surface area contributed by atoms with Crippen LogP contribution in [0.5, 0.6) is 0 Å². The van der Waals surface area contributed by atoms with Crippen LogP contribution in [0.2, 0.25) is 0 Å². The molecule has 2 aromatic rings. The minimum absolute atomic E-state index is 0.695. The van der Waals surface area contributed by atoms with E-state index in [-0.39, 0.29) is 0 Å². The molecular formula is C30H28O4. The minimum Gasteiger partial charge on any atom is -0.365 e. The van der Waals surface area contributed by atoms with E-state index in [1.807, 2.05) is 48.6 Å². The maximum atomic E-state index is 5.97. The van der Waals surface area contributed by atoms with Crippen LogP contribution in [0.1, 0.15) is 11.1 Å². The molecule has 0 N–H and O–H groups in total. The first-order valence-electron chi connectivity index (χ1n) is 11.2. The van der Waals surface area contributed by atoms with Crippen LogP contribution in [0.4, 0.5) is 0 Å². The Morgan fingerprint density at radius 1 is 0.441 bits per heavy atom. The predicted octanol–water partition coefficient (Wildman–Crippen LogP) is 5.08. The molecule has 172 valence electrons. The SMILES string of the molecule is COC12C#CC3(OC)C=CC(OC)(C=C3)c3ccc(cc3)-c3ccc(cc3)C(OC)(C=C1)C=C2. The molecule has 4 heteroatoms. The van der Waals surface area contributed by atoms with Crippen molar-refractivity contribution in [3.8, 4) is 23.0 Å². The monoisotopic (exact) mass is 452 g/mol. The Bertz CT molecular complexity index is 1120. The number of benzene rings is 2. The predicted molar refractivity (Wildman–Crippen MR) is 133 cm³/mol. The van der Waals surface area contributed by atoms with E-state index < -0.39 is 22.4 Å². The van der Waals surface area contributed by atoms with Gasteiger partial charge in [-0.1, -0.05) is 60.4 Å². The van der Waals surface area contributed by atoms with Crippen LogP contribution in [0.15, 0.2) is 97.1 Å². The van der Waals surface area contributed by atoms with Gasteiger partial charge in [-0.05, 0) is 70.9 Å². The highest BCUT2D eigenvalue weighted by molar-refractivity contribution is 5.65. The maximum Gasteiger partial charge on any atom is 0.165 e. The van der Waals surface area contributed by atoms with Gasteiger partial charge >= 0.3 is 0 Å². The van der Waals surface area contributed by atoms with Gasteiger partial charge in [0.15, 0.2) is 11.2 Å². The van der Waals surface area contributed by atoms with E-state index >= 15 is 0 Å². The molecule has 0 unspecified atom stereocenters. The van der Waals surface area contributed by atoms with E-state index in [0.717, 1.165) is 22.3 Å². The van der Waals surface area contributed by atoms with Gasteiger partial charge < -0.3 is 18.9 Å². The first-order chi connectivity index (χ1) is 16.5. The van der Waals surface area contributed by atoms with Crippen molar-refractivity contribution in [2.45, 2.75) is 22.4 Å². The quantitative estimate of drug-likeness (QED) is 0.479. The largest absolute Gasteiger partial charge is 0.365 e. The summed E-state index contributed by atoms with van der Waals surface area (Å²) in [6.45, 7) is 0. The zero-order valence-electron chi connectivity index (χ0n) is 19.9. The van der Waals surface area contributed by atoms with E-state index in [1.165, 1.54) is 0 Å². The zero-order valence-corrected chi connectivity index (χ0v) is 19.9. The summed E-state index contributed by atoms with van der Waals surface area (Å²) in [6, 6.07) is 16.9. The lowest BCUT2D eigenvalue weighted by Gasteiger charge is -2.35. The molecule has 34 heavy (non-hydrogen) atoms. The minimum atomic E-state index is -0.897. The molecule has 0 fully saturated rings. The van der Waals surface area contributed by atoms with Crippen molar-refractivity contribution < 1.29 is 18.9 Å². The summed E-state index contributed by atoms with van der Waals surface area (Å²) in [5.41, 5.74) is 1.12. The van der Waals surface area contributed by atoms with Gasteiger partial charge in [0.1, 0.15) is 11.2 Å². The van der Waals surface area contributed by atoms with Crippen molar-refractivity contribution in [1.29, 1.82) is 0 Å². The van der Waals surface area contributed by atoms with E-state index in [9.17, 15) is 0 Å². The fourth-order valence-electron chi connectivity index (χ4n) is 4.69. The van der Waals surface area contributed by atoms with Crippen LogP contribution in [0.3, 0.4) is 0 Å². The summed E-state index contributed by atoms with van der Waals surface area (Å²) in [6.07, 6.45) is 15.8. The summed E-state index contributed by atoms with van der Waals surface area (Å²) in [5.74, 6) is 6.56. The lowest BCUT2D eigenvalue weighted by atomic mass is 9.81. The zero-order chi connectivity index (χ0) is 23.9. The average Bonchev–Trinajstić information content (AvgIpc) is 2.92. The van der Waals surface area contributed by atoms with Gasteiger partial charge in [-0.15, -0.1) is 0 Å². The number of rotatable bonds is 4. The topological polar surface area (TPSA) is 36.9 Å². The molecule has 8 aliphatic carbocycles.